The molecule has 1 aliphatic heterocycles. The Morgan fingerprint density at radius 3 is 2.76 bits per heavy atom. The highest BCUT2D eigenvalue weighted by Gasteiger charge is 2.45. The molecule has 0 saturated carbocycles. The van der Waals surface area contributed by atoms with E-state index in [1.807, 2.05) is 0 Å². The summed E-state index contributed by atoms with van der Waals surface area (Å²) in [5.41, 5.74) is 0.482. The molecule has 1 atom stereocenters. The Morgan fingerprint density at radius 2 is 2.00 bits per heavy atom. The van der Waals surface area contributed by atoms with Crippen LogP contribution in [0.4, 0.5) is 9.52 Å². The number of carbonyl (C=O) groups is 1. The van der Waals surface area contributed by atoms with Gasteiger partial charge >= 0.3 is 0 Å². The molecule has 0 bridgehead atoms. The Kier molecular flexibility index (Phi) is 5.20. The van der Waals surface area contributed by atoms with E-state index in [0.717, 1.165) is 17.5 Å². The molecule has 0 radical (unpaired) electrons. The van der Waals surface area contributed by atoms with Gasteiger partial charge in [0.1, 0.15) is 22.2 Å². The largest absolute Gasteiger partial charge is 0.497 e. The number of aromatic nitrogens is 2. The number of carbonyl (C=O) groups excluding carboxylic acids is 1. The summed E-state index contributed by atoms with van der Waals surface area (Å²) < 4.78 is 25.1. The van der Waals surface area contributed by atoms with Crippen LogP contribution in [-0.4, -0.2) is 23.2 Å². The molecular formula is C24H20FN3O4S. The standard InChI is InChI=1S/C24H20FN3O4S/c1-12(2)9-18-26-27-24(33-18)28-20(13-5-4-6-15(10-13)31-3)19-21(29)16-11-14(25)7-8-17(16)32-22(19)23(28)30/h4-8,10-12,20H,9H2,1-3H3/t20-/m1/s1. The monoisotopic (exact) mass is 465 g/mol. The quantitative estimate of drug-likeness (QED) is 0.423. The number of methoxy groups -OCH3 is 1. The second-order valence-electron chi connectivity index (χ2n) is 8.25. The molecule has 1 aliphatic rings. The summed E-state index contributed by atoms with van der Waals surface area (Å²) in [5.74, 6) is -0.186. The van der Waals surface area contributed by atoms with Gasteiger partial charge in [0.15, 0.2) is 5.43 Å². The third kappa shape index (κ3) is 3.58. The van der Waals surface area contributed by atoms with Crippen LogP contribution in [0, 0.1) is 11.7 Å². The van der Waals surface area contributed by atoms with E-state index in [-0.39, 0.29) is 22.3 Å². The molecule has 0 N–H and O–H groups in total. The zero-order valence-electron chi connectivity index (χ0n) is 18.2. The van der Waals surface area contributed by atoms with Crippen molar-refractivity contribution < 1.29 is 18.3 Å². The van der Waals surface area contributed by atoms with Crippen LogP contribution in [0.25, 0.3) is 11.0 Å². The number of benzene rings is 2. The van der Waals surface area contributed by atoms with Crippen molar-refractivity contribution in [1.29, 1.82) is 0 Å². The minimum Gasteiger partial charge on any atom is -0.497 e. The number of rotatable bonds is 5. The molecule has 5 rings (SSSR count). The van der Waals surface area contributed by atoms with Gasteiger partial charge in [-0.1, -0.05) is 37.3 Å². The Morgan fingerprint density at radius 1 is 1.18 bits per heavy atom. The topological polar surface area (TPSA) is 85.5 Å². The average Bonchev–Trinajstić information content (AvgIpc) is 3.36. The molecule has 2 aromatic carbocycles. The van der Waals surface area contributed by atoms with Crippen LogP contribution >= 0.6 is 11.3 Å². The van der Waals surface area contributed by atoms with Gasteiger partial charge in [0.2, 0.25) is 10.9 Å². The zero-order valence-corrected chi connectivity index (χ0v) is 19.0. The number of hydrogen-bond donors (Lipinski definition) is 0. The molecule has 168 valence electrons. The Balaban J connectivity index is 1.75. The van der Waals surface area contributed by atoms with Crippen LogP contribution < -0.4 is 15.1 Å². The summed E-state index contributed by atoms with van der Waals surface area (Å²) in [6.45, 7) is 4.15. The summed E-state index contributed by atoms with van der Waals surface area (Å²) in [6, 6.07) is 9.97. The molecule has 33 heavy (non-hydrogen) atoms. The van der Waals surface area contributed by atoms with Gasteiger partial charge in [0.05, 0.1) is 24.1 Å². The Bertz CT molecular complexity index is 1450. The van der Waals surface area contributed by atoms with Crippen molar-refractivity contribution in [3.05, 3.63) is 80.4 Å². The van der Waals surface area contributed by atoms with Crippen molar-refractivity contribution in [2.75, 3.05) is 12.0 Å². The third-order valence-corrected chi connectivity index (χ3v) is 6.43. The first-order valence-electron chi connectivity index (χ1n) is 10.4. The molecule has 0 aliphatic carbocycles. The fourth-order valence-electron chi connectivity index (χ4n) is 4.04. The van der Waals surface area contributed by atoms with Gasteiger partial charge in [-0.2, -0.15) is 0 Å². The van der Waals surface area contributed by atoms with E-state index in [1.165, 1.54) is 35.5 Å². The van der Waals surface area contributed by atoms with Crippen LogP contribution in [-0.2, 0) is 6.42 Å². The maximum Gasteiger partial charge on any atom is 0.297 e. The first kappa shape index (κ1) is 21.3. The molecule has 9 heteroatoms. The SMILES string of the molecule is COc1cccc([C@@H]2c3c(oc4ccc(F)cc4c3=O)C(=O)N2c2nnc(CC(C)C)s2)c1. The lowest BCUT2D eigenvalue weighted by atomic mass is 9.98. The van der Waals surface area contributed by atoms with Crippen molar-refractivity contribution in [3.63, 3.8) is 0 Å². The van der Waals surface area contributed by atoms with Crippen LogP contribution in [0.5, 0.6) is 5.75 Å². The number of amides is 1. The predicted molar refractivity (Wildman–Crippen MR) is 123 cm³/mol. The van der Waals surface area contributed by atoms with Crippen molar-refractivity contribution in [1.82, 2.24) is 10.2 Å². The molecule has 0 unspecified atom stereocenters. The van der Waals surface area contributed by atoms with Crippen LogP contribution in [0.1, 0.15) is 46.6 Å². The lowest BCUT2D eigenvalue weighted by molar-refractivity contribution is 0.0970. The molecule has 1 amide bonds. The summed E-state index contributed by atoms with van der Waals surface area (Å²) in [7, 11) is 1.54. The normalized spacial score (nSPS) is 15.5. The van der Waals surface area contributed by atoms with E-state index in [4.69, 9.17) is 9.15 Å². The van der Waals surface area contributed by atoms with Crippen LogP contribution in [0.2, 0.25) is 0 Å². The van der Waals surface area contributed by atoms with Crippen molar-refractivity contribution in [2.24, 2.45) is 5.92 Å². The molecule has 0 saturated heterocycles. The van der Waals surface area contributed by atoms with E-state index < -0.39 is 23.2 Å². The van der Waals surface area contributed by atoms with Gasteiger partial charge in [-0.05, 0) is 41.8 Å². The number of halogens is 1. The second kappa shape index (κ2) is 8.08. The van der Waals surface area contributed by atoms with E-state index in [0.29, 0.717) is 22.4 Å². The zero-order chi connectivity index (χ0) is 23.3. The molecule has 4 aromatic rings. The van der Waals surface area contributed by atoms with E-state index in [9.17, 15) is 14.0 Å². The summed E-state index contributed by atoms with van der Waals surface area (Å²) in [6.07, 6.45) is 0.719. The summed E-state index contributed by atoms with van der Waals surface area (Å²) >= 11 is 1.30. The minimum absolute atomic E-state index is 0.0764. The van der Waals surface area contributed by atoms with Crippen LogP contribution in [0.3, 0.4) is 0 Å². The molecule has 2 aromatic heterocycles. The first-order valence-corrected chi connectivity index (χ1v) is 11.2. The van der Waals surface area contributed by atoms with E-state index >= 15 is 0 Å². The Labute approximate surface area is 192 Å². The number of anilines is 1. The van der Waals surface area contributed by atoms with Crippen molar-refractivity contribution in [2.45, 2.75) is 26.3 Å². The smallest absolute Gasteiger partial charge is 0.297 e. The van der Waals surface area contributed by atoms with Gasteiger partial charge in [0, 0.05) is 6.42 Å². The third-order valence-electron chi connectivity index (χ3n) is 5.49. The molecule has 3 heterocycles. The predicted octanol–water partition coefficient (Wildman–Crippen LogP) is 4.74. The molecule has 7 nitrogen and oxygen atoms in total. The highest BCUT2D eigenvalue weighted by atomic mass is 32.1. The maximum atomic E-state index is 13.9. The van der Waals surface area contributed by atoms with E-state index in [2.05, 4.69) is 24.0 Å². The van der Waals surface area contributed by atoms with Crippen LogP contribution in [0.15, 0.2) is 51.7 Å². The molecule has 0 fully saturated rings. The summed E-state index contributed by atoms with van der Waals surface area (Å²) in [4.78, 5) is 28.5. The molecular weight excluding hydrogens is 445 g/mol. The first-order chi connectivity index (χ1) is 15.9. The number of nitrogens with zero attached hydrogens (tertiary/aromatic N) is 3. The van der Waals surface area contributed by atoms with Gasteiger partial charge in [-0.3, -0.25) is 14.5 Å². The fourth-order valence-corrected chi connectivity index (χ4v) is 5.12. The van der Waals surface area contributed by atoms with Crippen molar-refractivity contribution >= 4 is 33.3 Å². The fraction of sp³-hybridized carbons (Fsp3) is 0.250. The highest BCUT2D eigenvalue weighted by molar-refractivity contribution is 7.15. The van der Waals surface area contributed by atoms with Gasteiger partial charge in [0.25, 0.3) is 5.91 Å². The minimum atomic E-state index is -0.814. The highest BCUT2D eigenvalue weighted by Crippen LogP contribution is 2.42. The van der Waals surface area contributed by atoms with E-state index in [1.54, 1.807) is 24.3 Å². The van der Waals surface area contributed by atoms with Gasteiger partial charge in [-0.25, -0.2) is 4.39 Å². The lowest BCUT2D eigenvalue weighted by Crippen LogP contribution is -2.29. The number of fused-ring (bicyclic) bond motifs is 2. The number of ether oxygens (including phenoxy) is 1. The second-order valence-corrected chi connectivity index (χ2v) is 9.29. The lowest BCUT2D eigenvalue weighted by Gasteiger charge is -2.22. The maximum absolute atomic E-state index is 13.9. The summed E-state index contributed by atoms with van der Waals surface area (Å²) in [5, 5.41) is 9.73. The van der Waals surface area contributed by atoms with Crippen molar-refractivity contribution in [3.8, 4) is 5.75 Å². The number of hydrogen-bond acceptors (Lipinski definition) is 7. The van der Waals surface area contributed by atoms with Gasteiger partial charge < -0.3 is 9.15 Å². The average molecular weight is 466 g/mol. The molecule has 0 spiro atoms. The van der Waals surface area contributed by atoms with Gasteiger partial charge in [-0.15, -0.1) is 10.2 Å². The Hall–Kier alpha value is -3.59.